The summed E-state index contributed by atoms with van der Waals surface area (Å²) in [7, 11) is 0. The second kappa shape index (κ2) is 8.90. The van der Waals surface area contributed by atoms with Crippen molar-refractivity contribution in [3.05, 3.63) is 28.8 Å². The fraction of sp³-hybridized carbons (Fsp3) is 0.731. The maximum atomic E-state index is 12.9. The number of phenols is 1. The summed E-state index contributed by atoms with van der Waals surface area (Å²) >= 11 is 0. The molecular weight excluding hydrogens is 372 g/mol. The second-order valence-corrected chi connectivity index (χ2v) is 11.4. The van der Waals surface area contributed by atoms with Gasteiger partial charge in [0.2, 0.25) is 5.91 Å². The normalized spacial score (nSPS) is 19.5. The van der Waals surface area contributed by atoms with E-state index in [0.717, 1.165) is 49.0 Å². The van der Waals surface area contributed by atoms with Crippen LogP contribution < -0.4 is 0 Å². The highest BCUT2D eigenvalue weighted by molar-refractivity contribution is 5.76. The summed E-state index contributed by atoms with van der Waals surface area (Å²) in [5.74, 6) is 0.687. The molecule has 4 heteroatoms. The average Bonchev–Trinajstić information content (AvgIpc) is 3.20. The average molecular weight is 415 g/mol. The van der Waals surface area contributed by atoms with Gasteiger partial charge in [0.15, 0.2) is 0 Å². The molecule has 1 aromatic rings. The lowest BCUT2D eigenvalue weighted by Crippen LogP contribution is -2.45. The number of hydrogen-bond acceptors (Lipinski definition) is 3. The van der Waals surface area contributed by atoms with Crippen molar-refractivity contribution in [3.63, 3.8) is 0 Å². The van der Waals surface area contributed by atoms with E-state index in [2.05, 4.69) is 63.5 Å². The lowest BCUT2D eigenvalue weighted by Gasteiger charge is -2.36. The van der Waals surface area contributed by atoms with Crippen molar-refractivity contribution in [3.8, 4) is 5.75 Å². The van der Waals surface area contributed by atoms with E-state index in [9.17, 15) is 9.90 Å². The highest BCUT2D eigenvalue weighted by Gasteiger charge is 2.29. The molecule has 0 aromatic heterocycles. The number of phenolic OH excluding ortho intramolecular Hbond substituents is 1. The van der Waals surface area contributed by atoms with Crippen LogP contribution in [0.5, 0.6) is 5.75 Å². The van der Waals surface area contributed by atoms with E-state index in [1.807, 2.05) is 0 Å². The van der Waals surface area contributed by atoms with E-state index in [1.54, 1.807) is 0 Å². The standard InChI is InChI=1S/C26H42N2O2/c1-25(2,3)21-17-19(18-22(24(21)30)26(4,5)6)9-10-23(29)28-15-11-20(12-16-28)27-13-7-8-14-27/h17-18,20,30H,7-16H2,1-6H3. The van der Waals surface area contributed by atoms with Crippen LogP contribution >= 0.6 is 0 Å². The summed E-state index contributed by atoms with van der Waals surface area (Å²) in [5, 5.41) is 10.9. The zero-order valence-corrected chi connectivity index (χ0v) is 20.1. The molecule has 0 atom stereocenters. The molecule has 3 rings (SSSR count). The number of aryl methyl sites for hydroxylation is 1. The number of carbonyl (C=O) groups excluding carboxylic acids is 1. The van der Waals surface area contributed by atoms with Gasteiger partial charge in [0.1, 0.15) is 5.75 Å². The third-order valence-electron chi connectivity index (χ3n) is 6.89. The predicted octanol–water partition coefficient (Wildman–Crippen LogP) is 5.01. The minimum absolute atomic E-state index is 0.137. The molecular formula is C26H42N2O2. The number of amides is 1. The number of nitrogens with zero attached hydrogens (tertiary/aromatic N) is 2. The number of likely N-dealkylation sites (tertiary alicyclic amines) is 2. The zero-order chi connectivity index (χ0) is 22.1. The molecule has 0 spiro atoms. The summed E-state index contributed by atoms with van der Waals surface area (Å²) in [4.78, 5) is 17.6. The van der Waals surface area contributed by atoms with Gasteiger partial charge < -0.3 is 14.9 Å². The van der Waals surface area contributed by atoms with Crippen molar-refractivity contribution in [1.29, 1.82) is 0 Å². The molecule has 2 aliphatic heterocycles. The van der Waals surface area contributed by atoms with Crippen molar-refractivity contribution >= 4 is 5.91 Å². The minimum Gasteiger partial charge on any atom is -0.507 e. The summed E-state index contributed by atoms with van der Waals surface area (Å²) in [6, 6.07) is 4.90. The molecule has 0 aliphatic carbocycles. The van der Waals surface area contributed by atoms with Crippen LogP contribution in [0.15, 0.2) is 12.1 Å². The Balaban J connectivity index is 1.64. The number of carbonyl (C=O) groups is 1. The monoisotopic (exact) mass is 414 g/mol. The topological polar surface area (TPSA) is 43.8 Å². The van der Waals surface area contributed by atoms with Crippen LogP contribution in [0.3, 0.4) is 0 Å². The van der Waals surface area contributed by atoms with Gasteiger partial charge in [-0.2, -0.15) is 0 Å². The number of piperidine rings is 1. The second-order valence-electron chi connectivity index (χ2n) is 11.4. The number of rotatable bonds is 4. The van der Waals surface area contributed by atoms with E-state index < -0.39 is 0 Å². The zero-order valence-electron chi connectivity index (χ0n) is 20.1. The molecule has 1 aromatic carbocycles. The van der Waals surface area contributed by atoms with Crippen LogP contribution in [0.2, 0.25) is 0 Å². The van der Waals surface area contributed by atoms with Crippen molar-refractivity contribution < 1.29 is 9.90 Å². The van der Waals surface area contributed by atoms with E-state index in [1.165, 1.54) is 25.9 Å². The first-order valence-corrected chi connectivity index (χ1v) is 11.9. The van der Waals surface area contributed by atoms with Gasteiger partial charge in [0.25, 0.3) is 0 Å². The van der Waals surface area contributed by atoms with Crippen molar-refractivity contribution in [2.75, 3.05) is 26.2 Å². The Morgan fingerprint density at radius 2 is 1.43 bits per heavy atom. The quantitative estimate of drug-likeness (QED) is 0.753. The number of aromatic hydroxyl groups is 1. The van der Waals surface area contributed by atoms with E-state index >= 15 is 0 Å². The third kappa shape index (κ3) is 5.38. The molecule has 2 aliphatic rings. The Kier molecular flexibility index (Phi) is 6.86. The Morgan fingerprint density at radius 3 is 1.90 bits per heavy atom. The molecule has 1 N–H and O–H groups in total. The molecule has 30 heavy (non-hydrogen) atoms. The Hall–Kier alpha value is -1.55. The first-order valence-electron chi connectivity index (χ1n) is 11.9. The van der Waals surface area contributed by atoms with E-state index in [4.69, 9.17) is 0 Å². The molecule has 168 valence electrons. The SMILES string of the molecule is CC(C)(C)c1cc(CCC(=O)N2CCC(N3CCCC3)CC2)cc(C(C)(C)C)c1O. The fourth-order valence-corrected chi connectivity index (χ4v) is 4.98. The Morgan fingerprint density at radius 1 is 0.933 bits per heavy atom. The maximum Gasteiger partial charge on any atom is 0.222 e. The molecule has 0 saturated carbocycles. The van der Waals surface area contributed by atoms with Gasteiger partial charge in [-0.05, 0) is 72.7 Å². The van der Waals surface area contributed by atoms with Crippen LogP contribution in [0.4, 0.5) is 0 Å². The molecule has 0 radical (unpaired) electrons. The smallest absolute Gasteiger partial charge is 0.222 e. The van der Waals surface area contributed by atoms with Gasteiger partial charge in [0, 0.05) is 25.6 Å². The van der Waals surface area contributed by atoms with Gasteiger partial charge in [0.05, 0.1) is 0 Å². The molecule has 2 saturated heterocycles. The van der Waals surface area contributed by atoms with Gasteiger partial charge in [-0.15, -0.1) is 0 Å². The lowest BCUT2D eigenvalue weighted by atomic mass is 9.78. The minimum atomic E-state index is -0.137. The van der Waals surface area contributed by atoms with Crippen LogP contribution in [0.1, 0.15) is 90.3 Å². The first-order chi connectivity index (χ1) is 14.0. The van der Waals surface area contributed by atoms with Crippen LogP contribution in [-0.2, 0) is 22.0 Å². The van der Waals surface area contributed by atoms with Crippen LogP contribution in [-0.4, -0.2) is 53.0 Å². The summed E-state index contributed by atoms with van der Waals surface area (Å²) in [5.41, 5.74) is 2.83. The summed E-state index contributed by atoms with van der Waals surface area (Å²) in [6.45, 7) is 17.1. The van der Waals surface area contributed by atoms with Gasteiger partial charge in [-0.3, -0.25) is 4.79 Å². The van der Waals surface area contributed by atoms with E-state index in [0.29, 0.717) is 18.2 Å². The summed E-state index contributed by atoms with van der Waals surface area (Å²) < 4.78 is 0. The number of hydrogen-bond donors (Lipinski definition) is 1. The largest absolute Gasteiger partial charge is 0.507 e. The van der Waals surface area contributed by atoms with Gasteiger partial charge >= 0.3 is 0 Å². The van der Waals surface area contributed by atoms with Crippen molar-refractivity contribution in [2.45, 2.75) is 96.9 Å². The third-order valence-corrected chi connectivity index (χ3v) is 6.89. The maximum absolute atomic E-state index is 12.9. The molecule has 2 fully saturated rings. The molecule has 1 amide bonds. The number of benzene rings is 1. The molecule has 0 unspecified atom stereocenters. The Labute approximate surface area is 183 Å². The fourth-order valence-electron chi connectivity index (χ4n) is 4.98. The predicted molar refractivity (Wildman–Crippen MR) is 124 cm³/mol. The summed E-state index contributed by atoms with van der Waals surface area (Å²) in [6.07, 6.45) is 6.18. The highest BCUT2D eigenvalue weighted by atomic mass is 16.3. The van der Waals surface area contributed by atoms with Crippen molar-refractivity contribution in [1.82, 2.24) is 9.80 Å². The lowest BCUT2D eigenvalue weighted by molar-refractivity contribution is -0.132. The van der Waals surface area contributed by atoms with Gasteiger partial charge in [-0.25, -0.2) is 0 Å². The molecule has 2 heterocycles. The molecule has 0 bridgehead atoms. The van der Waals surface area contributed by atoms with Gasteiger partial charge in [-0.1, -0.05) is 53.7 Å². The van der Waals surface area contributed by atoms with Crippen LogP contribution in [0.25, 0.3) is 0 Å². The van der Waals surface area contributed by atoms with Crippen molar-refractivity contribution in [2.24, 2.45) is 0 Å². The first kappa shape index (κ1) is 23.1. The highest BCUT2D eigenvalue weighted by Crippen LogP contribution is 2.40. The van der Waals surface area contributed by atoms with Crippen LogP contribution in [0, 0.1) is 0 Å². The Bertz CT molecular complexity index is 708. The molecule has 4 nitrogen and oxygen atoms in total. The van der Waals surface area contributed by atoms with E-state index in [-0.39, 0.29) is 16.7 Å².